The van der Waals surface area contributed by atoms with E-state index in [1.54, 1.807) is 12.1 Å². The highest BCUT2D eigenvalue weighted by atomic mass is 29.3. The second kappa shape index (κ2) is 8.57. The quantitative estimate of drug-likeness (QED) is 0.226. The van der Waals surface area contributed by atoms with Gasteiger partial charge < -0.3 is 9.47 Å². The van der Waals surface area contributed by atoms with Crippen LogP contribution in [0.3, 0.4) is 0 Å². The molecule has 0 amide bonds. The molecule has 160 valence electrons. The molecule has 1 aliphatic carbocycles. The van der Waals surface area contributed by atoms with E-state index in [-0.39, 0.29) is 5.69 Å². The number of nitrogens with zero attached hydrogens (tertiary/aromatic N) is 1. The average molecular weight is 446 g/mol. The van der Waals surface area contributed by atoms with Gasteiger partial charge in [0.25, 0.3) is 5.69 Å². The molecule has 0 radical (unpaired) electrons. The fourth-order valence-corrected chi connectivity index (χ4v) is 5.12. The highest BCUT2D eigenvalue weighted by Gasteiger charge is 2.50. The molecule has 9 heteroatoms. The Bertz CT molecular complexity index is 964. The first-order valence-corrected chi connectivity index (χ1v) is 17.0. The van der Waals surface area contributed by atoms with Gasteiger partial charge in [0, 0.05) is 17.7 Å². The van der Waals surface area contributed by atoms with E-state index in [4.69, 9.17) is 9.47 Å². The second-order valence-electron chi connectivity index (χ2n) is 8.76. The summed E-state index contributed by atoms with van der Waals surface area (Å²) in [6.07, 6.45) is 0. The molecule has 0 fully saturated rings. The van der Waals surface area contributed by atoms with Crippen molar-refractivity contribution in [3.8, 4) is 11.5 Å². The summed E-state index contributed by atoms with van der Waals surface area (Å²) >= 11 is 0. The first-order chi connectivity index (χ1) is 13.9. The van der Waals surface area contributed by atoms with Crippen LogP contribution in [0.4, 0.5) is 5.69 Å². The summed E-state index contributed by atoms with van der Waals surface area (Å²) in [7, 11) is -0.826. The minimum absolute atomic E-state index is 0.0577. The molecule has 0 heterocycles. The zero-order valence-corrected chi connectivity index (χ0v) is 20.4. The van der Waals surface area contributed by atoms with E-state index in [1.165, 1.54) is 26.4 Å². The summed E-state index contributed by atoms with van der Waals surface area (Å²) in [6, 6.07) is 5.88. The van der Waals surface area contributed by atoms with E-state index in [0.717, 1.165) is 0 Å². The number of carbonyl (C=O) groups excluding carboxylic acids is 2. The molecule has 0 aromatic heterocycles. The largest absolute Gasteiger partial charge is 0.469 e. The summed E-state index contributed by atoms with van der Waals surface area (Å²) in [4.78, 5) is 35.5. The van der Waals surface area contributed by atoms with Crippen LogP contribution in [0.15, 0.2) is 29.8 Å². The molecule has 0 saturated carbocycles. The Morgan fingerprint density at radius 3 is 1.90 bits per heavy atom. The van der Waals surface area contributed by atoms with Crippen molar-refractivity contribution in [2.75, 3.05) is 14.2 Å². The Morgan fingerprint density at radius 1 is 0.967 bits per heavy atom. The number of non-ortho nitro benzene ring substituents is 1. The summed E-state index contributed by atoms with van der Waals surface area (Å²) < 4.78 is 9.84. The molecule has 0 saturated heterocycles. The lowest BCUT2D eigenvalue weighted by atomic mass is 9.65. The average Bonchev–Trinajstić information content (AvgIpc) is 2.66. The molecule has 1 aliphatic rings. The standard InChI is InChI=1S/C21H27NO6Si2/c1-27-20(23)18-16(12-13-30(6,7)29(3,4)5)17(19(18)21(24)28-2)14-8-10-15(11-9-14)22(25)26/h8-11,18-19H,1-7H3/t18-,19-/m1/s1. The summed E-state index contributed by atoms with van der Waals surface area (Å²) in [6.45, 7) is 11.2. The number of ether oxygens (including phenoxy) is 2. The summed E-state index contributed by atoms with van der Waals surface area (Å²) in [5.74, 6) is 0.400. The van der Waals surface area contributed by atoms with E-state index in [0.29, 0.717) is 16.7 Å². The number of benzene rings is 1. The predicted molar refractivity (Wildman–Crippen MR) is 120 cm³/mol. The highest BCUT2D eigenvalue weighted by molar-refractivity contribution is 7.43. The number of nitro benzene ring substituents is 1. The Morgan fingerprint density at radius 2 is 1.47 bits per heavy atom. The Labute approximate surface area is 178 Å². The van der Waals surface area contributed by atoms with Gasteiger partial charge in [-0.3, -0.25) is 19.7 Å². The van der Waals surface area contributed by atoms with Crippen molar-refractivity contribution in [2.45, 2.75) is 32.7 Å². The van der Waals surface area contributed by atoms with Gasteiger partial charge >= 0.3 is 11.9 Å². The van der Waals surface area contributed by atoms with Gasteiger partial charge in [0.1, 0.15) is 19.4 Å². The van der Waals surface area contributed by atoms with Crippen molar-refractivity contribution in [3.05, 3.63) is 45.5 Å². The van der Waals surface area contributed by atoms with Crippen molar-refractivity contribution in [3.63, 3.8) is 0 Å². The van der Waals surface area contributed by atoms with Crippen LogP contribution in [0, 0.1) is 33.4 Å². The summed E-state index contributed by atoms with van der Waals surface area (Å²) in [5.41, 5.74) is 5.09. The third-order valence-electron chi connectivity index (χ3n) is 5.93. The molecular weight excluding hydrogens is 418 g/mol. The van der Waals surface area contributed by atoms with Crippen LogP contribution in [0.5, 0.6) is 0 Å². The molecule has 0 N–H and O–H groups in total. The van der Waals surface area contributed by atoms with Crippen LogP contribution in [-0.4, -0.2) is 46.3 Å². The van der Waals surface area contributed by atoms with Crippen LogP contribution in [0.1, 0.15) is 5.56 Å². The molecule has 30 heavy (non-hydrogen) atoms. The van der Waals surface area contributed by atoms with Gasteiger partial charge in [0.2, 0.25) is 0 Å². The summed E-state index contributed by atoms with van der Waals surface area (Å²) in [5, 5.41) is 11.0. The maximum absolute atomic E-state index is 12.5. The van der Waals surface area contributed by atoms with Gasteiger partial charge in [0.05, 0.1) is 26.7 Å². The zero-order valence-electron chi connectivity index (χ0n) is 18.4. The first-order valence-electron chi connectivity index (χ1n) is 9.53. The van der Waals surface area contributed by atoms with Crippen LogP contribution in [0.2, 0.25) is 32.7 Å². The Kier molecular flexibility index (Phi) is 6.74. The third-order valence-corrected chi connectivity index (χ3v) is 22.1. The van der Waals surface area contributed by atoms with Gasteiger partial charge in [-0.2, -0.15) is 0 Å². The molecule has 0 spiro atoms. The highest BCUT2D eigenvalue weighted by Crippen LogP contribution is 2.48. The minimum Gasteiger partial charge on any atom is -0.469 e. The lowest BCUT2D eigenvalue weighted by molar-refractivity contribution is -0.384. The zero-order chi connectivity index (χ0) is 22.9. The smallest absolute Gasteiger partial charge is 0.315 e. The predicted octanol–water partition coefficient (Wildman–Crippen LogP) is 3.61. The maximum atomic E-state index is 12.5. The maximum Gasteiger partial charge on any atom is 0.315 e. The molecule has 0 bridgehead atoms. The van der Waals surface area contributed by atoms with Crippen molar-refractivity contribution in [1.82, 2.24) is 0 Å². The van der Waals surface area contributed by atoms with E-state index >= 15 is 0 Å². The lowest BCUT2D eigenvalue weighted by Crippen LogP contribution is -2.51. The topological polar surface area (TPSA) is 95.7 Å². The van der Waals surface area contributed by atoms with Crippen molar-refractivity contribution < 1.29 is 24.0 Å². The fourth-order valence-electron chi connectivity index (χ4n) is 2.99. The fraction of sp³-hybridized carbons (Fsp3) is 0.429. The van der Waals surface area contributed by atoms with Crippen LogP contribution in [-0.2, 0) is 19.1 Å². The molecule has 0 aliphatic heterocycles. The number of rotatable bonds is 5. The third kappa shape index (κ3) is 4.39. The van der Waals surface area contributed by atoms with Crippen molar-refractivity contribution in [1.29, 1.82) is 0 Å². The molecule has 0 unspecified atom stereocenters. The van der Waals surface area contributed by atoms with Gasteiger partial charge in [0.15, 0.2) is 0 Å². The number of hydrogen-bond donors (Lipinski definition) is 0. The molecule has 1 aromatic carbocycles. The Hall–Kier alpha value is -2.71. The molecule has 2 rings (SSSR count). The normalized spacial score (nSPS) is 18.6. The number of esters is 2. The molecule has 7 nitrogen and oxygen atoms in total. The first kappa shape index (κ1) is 23.6. The second-order valence-corrected chi connectivity index (χ2v) is 25.0. The van der Waals surface area contributed by atoms with Gasteiger partial charge in [-0.1, -0.05) is 38.7 Å². The SMILES string of the molecule is COC(=O)[C@@H]1C(C#C[Si](C)(C)[Si](C)(C)C)=C(c2ccc([N+](=O)[O-])cc2)[C@H]1C(=O)OC. The van der Waals surface area contributed by atoms with E-state index in [2.05, 4.69) is 44.2 Å². The van der Waals surface area contributed by atoms with E-state index in [1.807, 2.05) is 0 Å². The number of nitro groups is 1. The van der Waals surface area contributed by atoms with Crippen LogP contribution < -0.4 is 0 Å². The number of hydrogen-bond acceptors (Lipinski definition) is 6. The monoisotopic (exact) mass is 445 g/mol. The van der Waals surface area contributed by atoms with Gasteiger partial charge in [-0.05, 0) is 23.3 Å². The Balaban J connectivity index is 2.69. The van der Waals surface area contributed by atoms with E-state index < -0.39 is 43.9 Å². The van der Waals surface area contributed by atoms with Crippen LogP contribution >= 0.6 is 0 Å². The van der Waals surface area contributed by atoms with Crippen molar-refractivity contribution in [2.24, 2.45) is 11.8 Å². The van der Waals surface area contributed by atoms with Crippen LogP contribution in [0.25, 0.3) is 5.57 Å². The van der Waals surface area contributed by atoms with Gasteiger partial charge in [-0.25, -0.2) is 0 Å². The minimum atomic E-state index is -1.85. The molecule has 2 atom stereocenters. The number of methoxy groups -OCH3 is 2. The van der Waals surface area contributed by atoms with Gasteiger partial charge in [-0.15, -0.1) is 5.54 Å². The molecule has 1 aromatic rings. The number of carbonyl (C=O) groups is 2. The van der Waals surface area contributed by atoms with Crippen molar-refractivity contribution >= 4 is 38.4 Å². The lowest BCUT2D eigenvalue weighted by Gasteiger charge is -2.37. The molecular formula is C21H27NO6Si2. The van der Waals surface area contributed by atoms with E-state index in [9.17, 15) is 19.7 Å².